The van der Waals surface area contributed by atoms with E-state index in [2.05, 4.69) is 25.6 Å². The van der Waals surface area contributed by atoms with Crippen molar-refractivity contribution < 1.29 is 5.11 Å². The Morgan fingerprint density at radius 3 is 2.44 bits per heavy atom. The third-order valence-electron chi connectivity index (χ3n) is 3.65. The van der Waals surface area contributed by atoms with Gasteiger partial charge >= 0.3 is 0 Å². The van der Waals surface area contributed by atoms with Crippen LogP contribution in [0.2, 0.25) is 0 Å². The molecule has 0 aliphatic rings. The maximum atomic E-state index is 9.20. The van der Waals surface area contributed by atoms with Gasteiger partial charge in [0.15, 0.2) is 5.82 Å². The fraction of sp³-hybridized carbons (Fsp3) is 0.211. The highest BCUT2D eigenvalue weighted by atomic mass is 16.3. The third kappa shape index (κ3) is 4.74. The van der Waals surface area contributed by atoms with Crippen LogP contribution in [0, 0.1) is 5.92 Å². The minimum Gasteiger partial charge on any atom is -0.396 e. The number of anilines is 3. The molecule has 0 aliphatic carbocycles. The first-order valence-electron chi connectivity index (χ1n) is 8.21. The zero-order valence-corrected chi connectivity index (χ0v) is 14.1. The summed E-state index contributed by atoms with van der Waals surface area (Å²) < 4.78 is 0. The van der Waals surface area contributed by atoms with E-state index in [9.17, 15) is 5.11 Å². The summed E-state index contributed by atoms with van der Waals surface area (Å²) in [5.41, 5.74) is 1.85. The highest BCUT2D eigenvalue weighted by Gasteiger charge is 2.08. The van der Waals surface area contributed by atoms with Gasteiger partial charge in [-0.2, -0.15) is 0 Å². The van der Waals surface area contributed by atoms with Crippen LogP contribution in [-0.2, 0) is 0 Å². The highest BCUT2D eigenvalue weighted by Crippen LogP contribution is 2.22. The zero-order chi connectivity index (χ0) is 17.5. The number of pyridine rings is 1. The molecule has 0 spiro atoms. The summed E-state index contributed by atoms with van der Waals surface area (Å²) in [4.78, 5) is 13.2. The van der Waals surface area contributed by atoms with Crippen LogP contribution in [0.15, 0.2) is 60.9 Å². The summed E-state index contributed by atoms with van der Waals surface area (Å²) in [7, 11) is 0. The van der Waals surface area contributed by atoms with Gasteiger partial charge in [0.2, 0.25) is 0 Å². The molecule has 1 unspecified atom stereocenters. The van der Waals surface area contributed by atoms with Gasteiger partial charge in [0.1, 0.15) is 11.6 Å². The fourth-order valence-corrected chi connectivity index (χ4v) is 2.24. The van der Waals surface area contributed by atoms with E-state index in [0.717, 1.165) is 11.3 Å². The quantitative estimate of drug-likeness (QED) is 0.614. The van der Waals surface area contributed by atoms with Crippen molar-refractivity contribution in [2.75, 3.05) is 23.8 Å². The number of hydrogen-bond donors (Lipinski definition) is 3. The molecular weight excluding hydrogens is 314 g/mol. The summed E-state index contributed by atoms with van der Waals surface area (Å²) >= 11 is 0. The van der Waals surface area contributed by atoms with E-state index in [0.29, 0.717) is 24.0 Å². The molecular formula is C19H21N5O. The molecule has 0 bridgehead atoms. The van der Waals surface area contributed by atoms with Crippen molar-refractivity contribution >= 4 is 17.3 Å². The smallest absolute Gasteiger partial charge is 0.163 e. The Morgan fingerprint density at radius 2 is 1.72 bits per heavy atom. The van der Waals surface area contributed by atoms with Crippen LogP contribution < -0.4 is 10.6 Å². The molecule has 1 aromatic carbocycles. The Balaban J connectivity index is 1.90. The molecule has 3 N–H and O–H groups in total. The number of nitrogens with one attached hydrogen (secondary N) is 2. The third-order valence-corrected chi connectivity index (χ3v) is 3.65. The molecule has 2 aromatic heterocycles. The molecule has 0 aliphatic heterocycles. The molecule has 25 heavy (non-hydrogen) atoms. The molecule has 1 atom stereocenters. The summed E-state index contributed by atoms with van der Waals surface area (Å²) in [6.45, 7) is 2.74. The number of aliphatic hydroxyl groups is 1. The maximum Gasteiger partial charge on any atom is 0.163 e. The van der Waals surface area contributed by atoms with Crippen molar-refractivity contribution in [1.82, 2.24) is 15.0 Å². The first-order chi connectivity index (χ1) is 12.2. The molecule has 0 radical (unpaired) electrons. The minimum atomic E-state index is 0.131. The van der Waals surface area contributed by atoms with Crippen molar-refractivity contribution in [2.24, 2.45) is 5.92 Å². The van der Waals surface area contributed by atoms with Crippen LogP contribution in [0.5, 0.6) is 0 Å². The Kier molecular flexibility index (Phi) is 5.53. The van der Waals surface area contributed by atoms with E-state index >= 15 is 0 Å². The van der Waals surface area contributed by atoms with Crippen LogP contribution in [-0.4, -0.2) is 33.2 Å². The average molecular weight is 335 g/mol. The molecule has 3 aromatic rings. The summed E-state index contributed by atoms with van der Waals surface area (Å²) in [6, 6.07) is 15.5. The van der Waals surface area contributed by atoms with Gasteiger partial charge in [-0.25, -0.2) is 9.97 Å². The van der Waals surface area contributed by atoms with E-state index in [1.807, 2.05) is 55.5 Å². The second-order valence-corrected chi connectivity index (χ2v) is 5.86. The Labute approximate surface area is 147 Å². The van der Waals surface area contributed by atoms with Gasteiger partial charge < -0.3 is 15.7 Å². The second-order valence-electron chi connectivity index (χ2n) is 5.86. The highest BCUT2D eigenvalue weighted by molar-refractivity contribution is 5.64. The average Bonchev–Trinajstić information content (AvgIpc) is 2.67. The number of nitrogens with zero attached hydrogens (tertiary/aromatic N) is 3. The first-order valence-corrected chi connectivity index (χ1v) is 8.21. The van der Waals surface area contributed by atoms with Gasteiger partial charge in [-0.05, 0) is 18.1 Å². The van der Waals surface area contributed by atoms with Gasteiger partial charge in [0.25, 0.3) is 0 Å². The molecule has 0 saturated carbocycles. The van der Waals surface area contributed by atoms with Gasteiger partial charge in [0, 0.05) is 42.9 Å². The standard InChI is InChI=1S/C19H21N5O/c1-14(13-25)12-21-17-11-18(22-16-7-9-20-10-8-16)24-19(23-17)15-5-3-2-4-6-15/h2-11,14,25H,12-13H2,1H3,(H2,20,21,22,23,24). The van der Waals surface area contributed by atoms with E-state index in [-0.39, 0.29) is 12.5 Å². The van der Waals surface area contributed by atoms with Gasteiger partial charge in [0.05, 0.1) is 0 Å². The lowest BCUT2D eigenvalue weighted by Crippen LogP contribution is -2.15. The molecule has 6 nitrogen and oxygen atoms in total. The van der Waals surface area contributed by atoms with Gasteiger partial charge in [-0.3, -0.25) is 4.98 Å². The predicted molar refractivity (Wildman–Crippen MR) is 99.7 cm³/mol. The molecule has 0 saturated heterocycles. The van der Waals surface area contributed by atoms with Crippen LogP contribution in [0.25, 0.3) is 11.4 Å². The van der Waals surface area contributed by atoms with Gasteiger partial charge in [-0.15, -0.1) is 0 Å². The monoisotopic (exact) mass is 335 g/mol. The molecule has 3 rings (SSSR count). The van der Waals surface area contributed by atoms with Crippen molar-refractivity contribution in [3.05, 3.63) is 60.9 Å². The number of aliphatic hydroxyl groups excluding tert-OH is 1. The molecule has 6 heteroatoms. The lowest BCUT2D eigenvalue weighted by Gasteiger charge is -2.13. The number of hydrogen-bond acceptors (Lipinski definition) is 6. The summed E-state index contributed by atoms with van der Waals surface area (Å²) in [5.74, 6) is 2.19. The van der Waals surface area contributed by atoms with Gasteiger partial charge in [-0.1, -0.05) is 37.3 Å². The first kappa shape index (κ1) is 16.9. The number of benzene rings is 1. The molecule has 0 fully saturated rings. The van der Waals surface area contributed by atoms with E-state index in [4.69, 9.17) is 0 Å². The molecule has 2 heterocycles. The van der Waals surface area contributed by atoms with Crippen LogP contribution in [0.1, 0.15) is 6.92 Å². The van der Waals surface area contributed by atoms with Crippen LogP contribution in [0.4, 0.5) is 17.3 Å². The van der Waals surface area contributed by atoms with Crippen LogP contribution in [0.3, 0.4) is 0 Å². The van der Waals surface area contributed by atoms with Crippen LogP contribution >= 0.6 is 0 Å². The fourth-order valence-electron chi connectivity index (χ4n) is 2.24. The van der Waals surface area contributed by atoms with Crippen molar-refractivity contribution in [3.8, 4) is 11.4 Å². The molecule has 128 valence electrons. The predicted octanol–water partition coefficient (Wildman–Crippen LogP) is 3.32. The number of aromatic nitrogens is 3. The largest absolute Gasteiger partial charge is 0.396 e. The normalized spacial score (nSPS) is 11.8. The number of rotatable bonds is 7. The Hall–Kier alpha value is -2.99. The molecule has 0 amide bonds. The Bertz CT molecular complexity index is 795. The minimum absolute atomic E-state index is 0.131. The summed E-state index contributed by atoms with van der Waals surface area (Å²) in [5, 5.41) is 15.7. The van der Waals surface area contributed by atoms with E-state index < -0.39 is 0 Å². The van der Waals surface area contributed by atoms with Crippen molar-refractivity contribution in [1.29, 1.82) is 0 Å². The van der Waals surface area contributed by atoms with Crippen molar-refractivity contribution in [2.45, 2.75) is 6.92 Å². The zero-order valence-electron chi connectivity index (χ0n) is 14.1. The van der Waals surface area contributed by atoms with E-state index in [1.165, 1.54) is 0 Å². The van der Waals surface area contributed by atoms with E-state index in [1.54, 1.807) is 12.4 Å². The Morgan fingerprint density at radius 1 is 1.00 bits per heavy atom. The topological polar surface area (TPSA) is 83.0 Å². The lowest BCUT2D eigenvalue weighted by molar-refractivity contribution is 0.244. The van der Waals surface area contributed by atoms with Crippen molar-refractivity contribution in [3.63, 3.8) is 0 Å². The summed E-state index contributed by atoms with van der Waals surface area (Å²) in [6.07, 6.45) is 3.45. The maximum absolute atomic E-state index is 9.20. The second kappa shape index (κ2) is 8.21. The SMILES string of the molecule is CC(CO)CNc1cc(Nc2ccncc2)nc(-c2ccccc2)n1. The lowest BCUT2D eigenvalue weighted by atomic mass is 10.2.